The molecule has 3 N–H and O–H groups in total. The number of aryl methyl sites for hydroxylation is 1. The molecule has 0 aliphatic rings. The third-order valence-electron chi connectivity index (χ3n) is 2.64. The molecule has 6 nitrogen and oxygen atoms in total. The van der Waals surface area contributed by atoms with Crippen molar-refractivity contribution >= 4 is 21.4 Å². The molecule has 0 fully saturated rings. The molecule has 8 heteroatoms. The minimum Gasteiger partial charge on any atom is -0.379 e. The zero-order chi connectivity index (χ0) is 15.2. The van der Waals surface area contributed by atoms with Crippen LogP contribution >= 0.6 is 11.3 Å². The van der Waals surface area contributed by atoms with Crippen LogP contribution in [-0.2, 0) is 21.3 Å². The number of thiophene rings is 1. The summed E-state index contributed by atoms with van der Waals surface area (Å²) in [5, 5.41) is 0. The number of nitrogens with two attached hydrogens (primary N) is 1. The van der Waals surface area contributed by atoms with Gasteiger partial charge in [0.15, 0.2) is 0 Å². The van der Waals surface area contributed by atoms with Crippen molar-refractivity contribution in [3.8, 4) is 0 Å². The summed E-state index contributed by atoms with van der Waals surface area (Å²) in [5.74, 6) is 0. The molecule has 0 aliphatic carbocycles. The van der Waals surface area contributed by atoms with Gasteiger partial charge in [0.2, 0.25) is 10.0 Å². The quantitative estimate of drug-likeness (QED) is 0.642. The van der Waals surface area contributed by atoms with Gasteiger partial charge in [-0.3, -0.25) is 0 Å². The molecule has 0 atom stereocenters. The molecule has 0 unspecified atom stereocenters. The highest BCUT2D eigenvalue weighted by molar-refractivity contribution is 7.89. The van der Waals surface area contributed by atoms with E-state index >= 15 is 0 Å². The van der Waals surface area contributed by atoms with Gasteiger partial charge in [-0.05, 0) is 27.1 Å². The Morgan fingerprint density at radius 1 is 1.40 bits per heavy atom. The lowest BCUT2D eigenvalue weighted by atomic mass is 10.4. The van der Waals surface area contributed by atoms with Crippen LogP contribution in [0, 0.1) is 6.92 Å². The maximum Gasteiger partial charge on any atom is 0.241 e. The second kappa shape index (κ2) is 8.06. The lowest BCUT2D eigenvalue weighted by Gasteiger charge is -2.10. The highest BCUT2D eigenvalue weighted by Crippen LogP contribution is 2.25. The molecule has 0 aromatic carbocycles. The molecule has 0 bridgehead atoms. The van der Waals surface area contributed by atoms with Gasteiger partial charge in [-0.2, -0.15) is 0 Å². The lowest BCUT2D eigenvalue weighted by molar-refractivity contribution is 0.122. The normalized spacial score (nSPS) is 12.2. The predicted octanol–water partition coefficient (Wildman–Crippen LogP) is 0.372. The van der Waals surface area contributed by atoms with Gasteiger partial charge in [-0.1, -0.05) is 0 Å². The Balaban J connectivity index is 2.43. The standard InChI is InChI=1S/C12H23N3O3S2/c1-10-12(8-11(9-13)19-10)20(16,17)14-4-6-18-7-5-15(2)3/h8,14H,4-7,9,13H2,1-3H3. The summed E-state index contributed by atoms with van der Waals surface area (Å²) in [5.41, 5.74) is 5.53. The van der Waals surface area contributed by atoms with Crippen molar-refractivity contribution in [2.75, 3.05) is 40.4 Å². The Bertz CT molecular complexity index is 512. The van der Waals surface area contributed by atoms with E-state index < -0.39 is 10.0 Å². The Hall–Kier alpha value is -0.510. The second-order valence-corrected chi connectivity index (χ2v) is 7.73. The van der Waals surface area contributed by atoms with E-state index in [4.69, 9.17) is 10.5 Å². The summed E-state index contributed by atoms with van der Waals surface area (Å²) >= 11 is 1.41. The fraction of sp³-hybridized carbons (Fsp3) is 0.667. The number of hydrogen-bond donors (Lipinski definition) is 2. The van der Waals surface area contributed by atoms with Gasteiger partial charge in [0.05, 0.1) is 18.1 Å². The van der Waals surface area contributed by atoms with E-state index in [1.807, 2.05) is 19.0 Å². The third kappa shape index (κ3) is 5.47. The molecule has 1 heterocycles. The van der Waals surface area contributed by atoms with Gasteiger partial charge in [-0.25, -0.2) is 13.1 Å². The molecule has 0 spiro atoms. The Labute approximate surface area is 125 Å². The van der Waals surface area contributed by atoms with Crippen LogP contribution in [0.1, 0.15) is 9.75 Å². The zero-order valence-electron chi connectivity index (χ0n) is 12.2. The van der Waals surface area contributed by atoms with Crippen LogP contribution in [0.15, 0.2) is 11.0 Å². The molecule has 0 saturated heterocycles. The molecule has 0 radical (unpaired) electrons. The average molecular weight is 321 g/mol. The summed E-state index contributed by atoms with van der Waals surface area (Å²) in [6, 6.07) is 1.63. The molecule has 0 amide bonds. The Kier molecular flexibility index (Phi) is 7.07. The minimum absolute atomic E-state index is 0.267. The van der Waals surface area contributed by atoms with Crippen molar-refractivity contribution < 1.29 is 13.2 Å². The van der Waals surface area contributed by atoms with Crippen LogP contribution in [0.2, 0.25) is 0 Å². The Morgan fingerprint density at radius 2 is 2.10 bits per heavy atom. The van der Waals surface area contributed by atoms with Crippen molar-refractivity contribution in [3.05, 3.63) is 15.8 Å². The van der Waals surface area contributed by atoms with Gasteiger partial charge in [0.25, 0.3) is 0 Å². The van der Waals surface area contributed by atoms with Gasteiger partial charge in [-0.15, -0.1) is 11.3 Å². The van der Waals surface area contributed by atoms with E-state index in [2.05, 4.69) is 4.72 Å². The van der Waals surface area contributed by atoms with E-state index in [0.29, 0.717) is 24.7 Å². The molecular formula is C12H23N3O3S2. The number of nitrogens with one attached hydrogen (secondary N) is 1. The van der Waals surface area contributed by atoms with Crippen molar-refractivity contribution in [2.45, 2.75) is 18.4 Å². The maximum absolute atomic E-state index is 12.1. The van der Waals surface area contributed by atoms with E-state index in [-0.39, 0.29) is 6.54 Å². The fourth-order valence-corrected chi connectivity index (χ4v) is 4.09. The van der Waals surface area contributed by atoms with Gasteiger partial charge >= 0.3 is 0 Å². The molecule has 1 aromatic rings. The smallest absolute Gasteiger partial charge is 0.241 e. The molecule has 1 rings (SSSR count). The van der Waals surface area contributed by atoms with Gasteiger partial charge in [0.1, 0.15) is 0 Å². The van der Waals surface area contributed by atoms with Crippen LogP contribution in [0.3, 0.4) is 0 Å². The SMILES string of the molecule is Cc1sc(CN)cc1S(=O)(=O)NCCOCCN(C)C. The summed E-state index contributed by atoms with van der Waals surface area (Å²) in [4.78, 5) is 3.94. The molecule has 0 saturated carbocycles. The first kappa shape index (κ1) is 17.5. The molecule has 1 aromatic heterocycles. The van der Waals surface area contributed by atoms with E-state index in [1.54, 1.807) is 13.0 Å². The molecular weight excluding hydrogens is 298 g/mol. The van der Waals surface area contributed by atoms with Crippen molar-refractivity contribution in [1.29, 1.82) is 0 Å². The average Bonchev–Trinajstić information content (AvgIpc) is 2.75. The van der Waals surface area contributed by atoms with Gasteiger partial charge in [0, 0.05) is 29.4 Å². The van der Waals surface area contributed by atoms with E-state index in [0.717, 1.165) is 16.3 Å². The van der Waals surface area contributed by atoms with Crippen LogP contribution in [0.5, 0.6) is 0 Å². The fourth-order valence-electron chi connectivity index (χ4n) is 1.57. The summed E-state index contributed by atoms with van der Waals surface area (Å²) in [6.45, 7) is 4.17. The predicted molar refractivity (Wildman–Crippen MR) is 81.5 cm³/mol. The van der Waals surface area contributed by atoms with E-state index in [9.17, 15) is 8.42 Å². The van der Waals surface area contributed by atoms with Gasteiger partial charge < -0.3 is 15.4 Å². The van der Waals surface area contributed by atoms with Crippen LogP contribution < -0.4 is 10.5 Å². The Morgan fingerprint density at radius 3 is 2.65 bits per heavy atom. The molecule has 0 aliphatic heterocycles. The molecule has 116 valence electrons. The number of hydrogen-bond acceptors (Lipinski definition) is 6. The van der Waals surface area contributed by atoms with Crippen LogP contribution in [0.4, 0.5) is 0 Å². The van der Waals surface area contributed by atoms with Crippen molar-refractivity contribution in [3.63, 3.8) is 0 Å². The zero-order valence-corrected chi connectivity index (χ0v) is 13.8. The van der Waals surface area contributed by atoms with Crippen LogP contribution in [0.25, 0.3) is 0 Å². The first-order chi connectivity index (χ1) is 9.36. The topological polar surface area (TPSA) is 84.7 Å². The first-order valence-corrected chi connectivity index (χ1v) is 8.68. The highest BCUT2D eigenvalue weighted by atomic mass is 32.2. The number of nitrogens with zero attached hydrogens (tertiary/aromatic N) is 1. The summed E-state index contributed by atoms with van der Waals surface area (Å²) in [6.07, 6.45) is 0. The molecule has 20 heavy (non-hydrogen) atoms. The lowest BCUT2D eigenvalue weighted by Crippen LogP contribution is -2.28. The number of likely N-dealkylation sites (N-methyl/N-ethyl adjacent to an activating group) is 1. The largest absolute Gasteiger partial charge is 0.379 e. The maximum atomic E-state index is 12.1. The summed E-state index contributed by atoms with van der Waals surface area (Å²) < 4.78 is 32.1. The minimum atomic E-state index is -3.47. The van der Waals surface area contributed by atoms with Crippen LogP contribution in [-0.4, -0.2) is 53.7 Å². The monoisotopic (exact) mass is 321 g/mol. The number of sulfonamides is 1. The summed E-state index contributed by atoms with van der Waals surface area (Å²) in [7, 11) is 0.448. The third-order valence-corrected chi connectivity index (χ3v) is 5.42. The number of ether oxygens (including phenoxy) is 1. The van der Waals surface area contributed by atoms with E-state index in [1.165, 1.54) is 11.3 Å². The van der Waals surface area contributed by atoms with Crippen molar-refractivity contribution in [1.82, 2.24) is 9.62 Å². The number of rotatable bonds is 9. The second-order valence-electron chi connectivity index (χ2n) is 4.65. The van der Waals surface area contributed by atoms with Crippen molar-refractivity contribution in [2.24, 2.45) is 5.73 Å². The first-order valence-electron chi connectivity index (χ1n) is 6.38. The highest BCUT2D eigenvalue weighted by Gasteiger charge is 2.18.